The van der Waals surface area contributed by atoms with Gasteiger partial charge in [0.1, 0.15) is 0 Å². The first-order chi connectivity index (χ1) is 5.83. The van der Waals surface area contributed by atoms with Crippen LogP contribution < -0.4 is 5.32 Å². The first kappa shape index (κ1) is 9.48. The van der Waals surface area contributed by atoms with Crippen molar-refractivity contribution >= 4 is 6.41 Å². The zero-order valence-corrected chi connectivity index (χ0v) is 7.55. The molecule has 1 rings (SSSR count). The predicted octanol–water partition coefficient (Wildman–Crippen LogP) is -1.11. The number of piperazine rings is 1. The predicted molar refractivity (Wildman–Crippen MR) is 47.6 cm³/mol. The average Bonchev–Trinajstić information content (AvgIpc) is 2.16. The number of carbonyl (C=O) groups excluding carboxylic acids is 1. The Morgan fingerprint density at radius 1 is 1.50 bits per heavy atom. The molecule has 4 nitrogen and oxygen atoms in total. The molecule has 0 bridgehead atoms. The van der Waals surface area contributed by atoms with E-state index in [0.29, 0.717) is 0 Å². The molecule has 0 aromatic heterocycles. The Bertz CT molecular complexity index is 134. The van der Waals surface area contributed by atoms with Gasteiger partial charge in [-0.15, -0.1) is 0 Å². The van der Waals surface area contributed by atoms with Crippen LogP contribution in [0.15, 0.2) is 0 Å². The molecule has 4 heteroatoms. The van der Waals surface area contributed by atoms with Gasteiger partial charge >= 0.3 is 6.41 Å². The minimum absolute atomic E-state index is 0.781. The summed E-state index contributed by atoms with van der Waals surface area (Å²) in [4.78, 5) is 14.1. The van der Waals surface area contributed by atoms with Gasteiger partial charge in [0.2, 0.25) is 0 Å². The van der Waals surface area contributed by atoms with Crippen LogP contribution in [0.25, 0.3) is 0 Å². The van der Waals surface area contributed by atoms with E-state index in [0.717, 1.165) is 39.3 Å². The molecular formula is C8H16N3O. The van der Waals surface area contributed by atoms with Crippen LogP contribution in [0.1, 0.15) is 0 Å². The summed E-state index contributed by atoms with van der Waals surface area (Å²) in [7, 11) is 1.76. The van der Waals surface area contributed by atoms with Gasteiger partial charge in [-0.05, 0) is 0 Å². The number of hydrogen-bond donors (Lipinski definition) is 1. The molecule has 1 saturated heterocycles. The average molecular weight is 170 g/mol. The minimum Gasteiger partial charge on any atom is -0.336 e. The van der Waals surface area contributed by atoms with Gasteiger partial charge in [-0.3, -0.25) is 9.69 Å². The lowest BCUT2D eigenvalue weighted by Gasteiger charge is -2.27. The monoisotopic (exact) mass is 170 g/mol. The third kappa shape index (κ3) is 3.19. The number of rotatable bonds is 4. The van der Waals surface area contributed by atoms with Gasteiger partial charge in [0.15, 0.2) is 0 Å². The second-order valence-electron chi connectivity index (χ2n) is 3.10. The Morgan fingerprint density at radius 3 is 2.75 bits per heavy atom. The fourth-order valence-corrected chi connectivity index (χ4v) is 1.27. The molecule has 0 aromatic rings. The third-order valence-corrected chi connectivity index (χ3v) is 2.12. The summed E-state index contributed by atoms with van der Waals surface area (Å²) >= 11 is 0. The second-order valence-corrected chi connectivity index (χ2v) is 3.10. The van der Waals surface area contributed by atoms with Crippen molar-refractivity contribution < 1.29 is 4.79 Å². The van der Waals surface area contributed by atoms with Crippen molar-refractivity contribution in [1.29, 1.82) is 0 Å². The maximum absolute atomic E-state index is 10.1. The summed E-state index contributed by atoms with van der Waals surface area (Å²) in [5.74, 6) is 0. The van der Waals surface area contributed by atoms with E-state index in [9.17, 15) is 4.79 Å². The van der Waals surface area contributed by atoms with Crippen LogP contribution in [0.3, 0.4) is 0 Å². The highest BCUT2D eigenvalue weighted by molar-refractivity contribution is 5.47. The van der Waals surface area contributed by atoms with Crippen molar-refractivity contribution in [3.8, 4) is 0 Å². The number of amides is 1. The van der Waals surface area contributed by atoms with Gasteiger partial charge in [-0.2, -0.15) is 0 Å². The van der Waals surface area contributed by atoms with Crippen LogP contribution in [0.4, 0.5) is 0 Å². The Labute approximate surface area is 73.5 Å². The molecule has 0 saturated carbocycles. The lowest BCUT2D eigenvalue weighted by Crippen LogP contribution is -2.45. The molecule has 1 N–H and O–H groups in total. The summed E-state index contributed by atoms with van der Waals surface area (Å²) in [6, 6.07) is 0. The molecule has 0 aromatic carbocycles. The first-order valence-corrected chi connectivity index (χ1v) is 4.35. The molecule has 0 aliphatic carbocycles. The zero-order chi connectivity index (χ0) is 8.81. The highest BCUT2D eigenvalue weighted by atomic mass is 16.1. The molecule has 1 radical (unpaired) electrons. The number of nitrogens with one attached hydrogen (secondary N) is 1. The van der Waals surface area contributed by atoms with Crippen LogP contribution in [-0.4, -0.2) is 62.5 Å². The quantitative estimate of drug-likeness (QED) is 0.543. The smallest absolute Gasteiger partial charge is 0.311 e. The highest BCUT2D eigenvalue weighted by Gasteiger charge is 2.08. The number of hydrogen-bond acceptors (Lipinski definition) is 3. The topological polar surface area (TPSA) is 35.6 Å². The van der Waals surface area contributed by atoms with Crippen molar-refractivity contribution in [1.82, 2.24) is 15.1 Å². The summed E-state index contributed by atoms with van der Waals surface area (Å²) in [6.45, 7) is 6.05. The standard InChI is InChI=1S/C8H16N3O/c1-10(8-12)6-7-11-4-2-9-3-5-11/h9H,2-7H2,1H3. The Hall–Kier alpha value is -0.610. The Morgan fingerprint density at radius 2 is 2.17 bits per heavy atom. The summed E-state index contributed by atoms with van der Waals surface area (Å²) in [5, 5.41) is 3.28. The van der Waals surface area contributed by atoms with E-state index < -0.39 is 0 Å². The second kappa shape index (κ2) is 5.11. The van der Waals surface area contributed by atoms with Gasteiger partial charge in [0, 0.05) is 46.3 Å². The van der Waals surface area contributed by atoms with Crippen molar-refractivity contribution in [3.05, 3.63) is 0 Å². The van der Waals surface area contributed by atoms with Gasteiger partial charge in [-0.25, -0.2) is 0 Å². The summed E-state index contributed by atoms with van der Waals surface area (Å²) < 4.78 is 0. The molecule has 0 spiro atoms. The molecule has 1 aliphatic heterocycles. The van der Waals surface area contributed by atoms with E-state index in [1.165, 1.54) is 0 Å². The molecular weight excluding hydrogens is 154 g/mol. The molecule has 1 amide bonds. The summed E-state index contributed by atoms with van der Waals surface area (Å²) in [6.07, 6.45) is 1.85. The third-order valence-electron chi connectivity index (χ3n) is 2.12. The van der Waals surface area contributed by atoms with E-state index in [-0.39, 0.29) is 0 Å². The fourth-order valence-electron chi connectivity index (χ4n) is 1.27. The van der Waals surface area contributed by atoms with E-state index in [4.69, 9.17) is 0 Å². The Balaban J connectivity index is 2.08. The lowest BCUT2D eigenvalue weighted by atomic mass is 10.3. The summed E-state index contributed by atoms with van der Waals surface area (Å²) in [5.41, 5.74) is 0. The van der Waals surface area contributed by atoms with Crippen molar-refractivity contribution in [3.63, 3.8) is 0 Å². The first-order valence-electron chi connectivity index (χ1n) is 4.35. The SMILES string of the molecule is CN([C]=O)CCN1CCNCC1. The van der Waals surface area contributed by atoms with Gasteiger partial charge in [0.25, 0.3) is 0 Å². The maximum atomic E-state index is 10.1. The van der Waals surface area contributed by atoms with Gasteiger partial charge < -0.3 is 10.2 Å². The van der Waals surface area contributed by atoms with Crippen molar-refractivity contribution in [2.24, 2.45) is 0 Å². The van der Waals surface area contributed by atoms with Crippen LogP contribution >= 0.6 is 0 Å². The van der Waals surface area contributed by atoms with Crippen LogP contribution in [-0.2, 0) is 4.79 Å². The number of nitrogens with zero attached hydrogens (tertiary/aromatic N) is 2. The maximum Gasteiger partial charge on any atom is 0.311 e. The normalized spacial score (nSPS) is 19.1. The Kier molecular flexibility index (Phi) is 4.04. The largest absolute Gasteiger partial charge is 0.336 e. The molecule has 0 unspecified atom stereocenters. The van der Waals surface area contributed by atoms with Gasteiger partial charge in [0.05, 0.1) is 0 Å². The van der Waals surface area contributed by atoms with Gasteiger partial charge in [-0.1, -0.05) is 0 Å². The van der Waals surface area contributed by atoms with Crippen LogP contribution in [0.5, 0.6) is 0 Å². The zero-order valence-electron chi connectivity index (χ0n) is 7.55. The van der Waals surface area contributed by atoms with E-state index in [1.54, 1.807) is 11.9 Å². The lowest BCUT2D eigenvalue weighted by molar-refractivity contribution is 0.226. The minimum atomic E-state index is 0.781. The molecule has 1 heterocycles. The molecule has 69 valence electrons. The van der Waals surface area contributed by atoms with Crippen molar-refractivity contribution in [2.45, 2.75) is 0 Å². The van der Waals surface area contributed by atoms with E-state index in [2.05, 4.69) is 10.2 Å². The van der Waals surface area contributed by atoms with Crippen molar-refractivity contribution in [2.75, 3.05) is 46.3 Å². The molecule has 1 aliphatic rings. The fraction of sp³-hybridized carbons (Fsp3) is 0.875. The molecule has 0 atom stereocenters. The van der Waals surface area contributed by atoms with E-state index in [1.807, 2.05) is 6.41 Å². The van der Waals surface area contributed by atoms with E-state index >= 15 is 0 Å². The molecule has 12 heavy (non-hydrogen) atoms. The highest BCUT2D eigenvalue weighted by Crippen LogP contribution is 1.91. The van der Waals surface area contributed by atoms with Crippen LogP contribution in [0, 0.1) is 0 Å². The molecule has 1 fully saturated rings. The van der Waals surface area contributed by atoms with Crippen LogP contribution in [0.2, 0.25) is 0 Å². The number of likely N-dealkylation sites (N-methyl/N-ethyl adjacent to an activating group) is 1.